The molecule has 0 saturated heterocycles. The highest BCUT2D eigenvalue weighted by Crippen LogP contribution is 2.22. The van der Waals surface area contributed by atoms with E-state index in [2.05, 4.69) is 15.5 Å². The predicted molar refractivity (Wildman–Crippen MR) is 116 cm³/mol. The van der Waals surface area contributed by atoms with E-state index in [1.165, 1.54) is 42.5 Å². The molecule has 12 heteroatoms. The van der Waals surface area contributed by atoms with Crippen molar-refractivity contribution in [2.75, 3.05) is 6.54 Å². The topological polar surface area (TPSA) is 155 Å². The van der Waals surface area contributed by atoms with Gasteiger partial charge in [0.2, 0.25) is 5.89 Å². The summed E-state index contributed by atoms with van der Waals surface area (Å²) in [6.07, 6.45) is 1.14. The Hall–Kier alpha value is -3.80. The van der Waals surface area contributed by atoms with Crippen LogP contribution >= 0.6 is 0 Å². The number of aromatic nitrogens is 2. The third kappa shape index (κ3) is 6.35. The number of nitrogens with one attached hydrogen (secondary N) is 1. The number of aryl methyl sites for hydroxylation is 1. The lowest BCUT2D eigenvalue weighted by atomic mass is 10.2. The number of hydrogen-bond donors (Lipinski definition) is 1. The van der Waals surface area contributed by atoms with Crippen molar-refractivity contribution in [1.29, 1.82) is 0 Å². The van der Waals surface area contributed by atoms with Crippen molar-refractivity contribution in [2.45, 2.75) is 37.5 Å². The predicted octanol–water partition coefficient (Wildman–Crippen LogP) is 3.23. The van der Waals surface area contributed by atoms with Crippen molar-refractivity contribution in [3.05, 3.63) is 75.9 Å². The Kier molecular flexibility index (Phi) is 7.38. The van der Waals surface area contributed by atoms with E-state index in [0.29, 0.717) is 36.7 Å². The molecule has 0 aliphatic carbocycles. The minimum absolute atomic E-state index is 0.0320. The number of nitro benzene ring substituents is 1. The van der Waals surface area contributed by atoms with E-state index in [1.807, 2.05) is 13.8 Å². The molecule has 33 heavy (non-hydrogen) atoms. The Labute approximate surface area is 190 Å². The first-order valence-corrected chi connectivity index (χ1v) is 11.5. The molecule has 3 rings (SSSR count). The fraction of sp³-hybridized carbons (Fsp3) is 0.286. The van der Waals surface area contributed by atoms with Crippen molar-refractivity contribution in [2.24, 2.45) is 0 Å². The molecule has 1 heterocycles. The Morgan fingerprint density at radius 1 is 1.21 bits per heavy atom. The third-order valence-electron chi connectivity index (χ3n) is 4.49. The summed E-state index contributed by atoms with van der Waals surface area (Å²) in [5.74, 6) is 0.963. The number of carbonyl (C=O) groups is 1. The first kappa shape index (κ1) is 23.9. The van der Waals surface area contributed by atoms with Gasteiger partial charge < -0.3 is 14.0 Å². The monoisotopic (exact) mass is 474 g/mol. The van der Waals surface area contributed by atoms with E-state index in [4.69, 9.17) is 8.71 Å². The molecule has 0 aliphatic heterocycles. The number of carbonyl (C=O) groups excluding carboxylic acids is 1. The van der Waals surface area contributed by atoms with E-state index >= 15 is 0 Å². The largest absolute Gasteiger partial charge is 0.379 e. The molecule has 0 spiro atoms. The van der Waals surface area contributed by atoms with Crippen LogP contribution in [-0.2, 0) is 16.5 Å². The third-order valence-corrected chi connectivity index (χ3v) is 5.74. The van der Waals surface area contributed by atoms with Gasteiger partial charge in [0.1, 0.15) is 10.6 Å². The first-order chi connectivity index (χ1) is 15.7. The minimum Gasteiger partial charge on any atom is -0.379 e. The van der Waals surface area contributed by atoms with Crippen LogP contribution in [0.5, 0.6) is 5.75 Å². The van der Waals surface area contributed by atoms with Gasteiger partial charge in [0.15, 0.2) is 5.82 Å². The summed E-state index contributed by atoms with van der Waals surface area (Å²) in [6.45, 7) is 4.32. The number of amides is 1. The fourth-order valence-electron chi connectivity index (χ4n) is 2.74. The van der Waals surface area contributed by atoms with Gasteiger partial charge in [0, 0.05) is 36.6 Å². The molecule has 1 N–H and O–H groups in total. The lowest BCUT2D eigenvalue weighted by Crippen LogP contribution is -2.24. The van der Waals surface area contributed by atoms with Crippen LogP contribution in [0.15, 0.2) is 57.9 Å². The van der Waals surface area contributed by atoms with Crippen LogP contribution in [0, 0.1) is 10.1 Å². The number of benzene rings is 2. The quantitative estimate of drug-likeness (QED) is 0.202. The summed E-state index contributed by atoms with van der Waals surface area (Å²) in [6, 6.07) is 10.0. The molecule has 0 atom stereocenters. The highest BCUT2D eigenvalue weighted by atomic mass is 32.2. The van der Waals surface area contributed by atoms with Crippen molar-refractivity contribution >= 4 is 21.7 Å². The molecule has 0 aliphatic rings. The molecule has 1 amide bonds. The van der Waals surface area contributed by atoms with Gasteiger partial charge in [-0.3, -0.25) is 14.9 Å². The van der Waals surface area contributed by atoms with E-state index in [1.54, 1.807) is 0 Å². The lowest BCUT2D eigenvalue weighted by Gasteiger charge is -2.08. The second-order valence-corrected chi connectivity index (χ2v) is 8.92. The van der Waals surface area contributed by atoms with Crippen LogP contribution in [0.25, 0.3) is 0 Å². The molecule has 174 valence electrons. The van der Waals surface area contributed by atoms with E-state index in [9.17, 15) is 23.3 Å². The smallest absolute Gasteiger partial charge is 0.339 e. The van der Waals surface area contributed by atoms with Crippen LogP contribution in [0.1, 0.15) is 48.3 Å². The number of nitro groups is 1. The van der Waals surface area contributed by atoms with Gasteiger partial charge in [-0.05, 0) is 36.8 Å². The Bertz CT molecular complexity index is 1240. The summed E-state index contributed by atoms with van der Waals surface area (Å²) in [5, 5.41) is 17.5. The maximum atomic E-state index is 12.4. The minimum atomic E-state index is -4.28. The summed E-state index contributed by atoms with van der Waals surface area (Å²) < 4.78 is 34.9. The molecule has 0 bridgehead atoms. The summed E-state index contributed by atoms with van der Waals surface area (Å²) in [5.41, 5.74) is -0.0545. The van der Waals surface area contributed by atoms with E-state index in [0.717, 1.165) is 6.07 Å². The van der Waals surface area contributed by atoms with Gasteiger partial charge in [-0.25, -0.2) is 0 Å². The van der Waals surface area contributed by atoms with Crippen molar-refractivity contribution in [3.63, 3.8) is 0 Å². The average Bonchev–Trinajstić information content (AvgIpc) is 3.26. The van der Waals surface area contributed by atoms with Gasteiger partial charge in [-0.15, -0.1) is 0 Å². The zero-order chi connectivity index (χ0) is 24.0. The molecule has 0 saturated carbocycles. The maximum absolute atomic E-state index is 12.4. The maximum Gasteiger partial charge on any atom is 0.339 e. The molecular weight excluding hydrogens is 452 g/mol. The van der Waals surface area contributed by atoms with Crippen LogP contribution in [0.4, 0.5) is 5.69 Å². The molecule has 0 radical (unpaired) electrons. The van der Waals surface area contributed by atoms with Crippen LogP contribution < -0.4 is 9.50 Å². The Morgan fingerprint density at radius 3 is 2.58 bits per heavy atom. The summed E-state index contributed by atoms with van der Waals surface area (Å²) in [4.78, 5) is 26.4. The SMILES string of the molecule is CC(C)c1noc(CCCNC(=O)c2ccc(OS(=O)(=O)c3cccc([N+](=O)[O-])c3)cc2)n1. The van der Waals surface area contributed by atoms with Gasteiger partial charge in [-0.1, -0.05) is 25.1 Å². The van der Waals surface area contributed by atoms with Gasteiger partial charge in [-0.2, -0.15) is 13.4 Å². The van der Waals surface area contributed by atoms with Crippen molar-refractivity contribution < 1.29 is 26.8 Å². The van der Waals surface area contributed by atoms with Crippen LogP contribution in [0.2, 0.25) is 0 Å². The molecule has 3 aromatic rings. The highest BCUT2D eigenvalue weighted by Gasteiger charge is 2.20. The lowest BCUT2D eigenvalue weighted by molar-refractivity contribution is -0.385. The normalized spacial score (nSPS) is 11.4. The number of hydrogen-bond acceptors (Lipinski definition) is 9. The van der Waals surface area contributed by atoms with Crippen LogP contribution in [0.3, 0.4) is 0 Å². The summed E-state index contributed by atoms with van der Waals surface area (Å²) in [7, 11) is -4.28. The second-order valence-electron chi connectivity index (χ2n) is 7.38. The molecule has 0 fully saturated rings. The van der Waals surface area contributed by atoms with E-state index in [-0.39, 0.29) is 28.2 Å². The zero-order valence-electron chi connectivity index (χ0n) is 17.9. The Balaban J connectivity index is 1.53. The van der Waals surface area contributed by atoms with Gasteiger partial charge in [0.25, 0.3) is 11.6 Å². The second kappa shape index (κ2) is 10.2. The standard InChI is InChI=1S/C21H22N4O7S/c1-14(2)20-23-19(31-24-20)7-4-12-22-21(26)15-8-10-17(11-9-15)32-33(29,30)18-6-3-5-16(13-18)25(27)28/h3,5-6,8-11,13-14H,4,7,12H2,1-2H3,(H,22,26). The molecule has 1 aromatic heterocycles. The number of non-ortho nitro benzene ring substituents is 1. The summed E-state index contributed by atoms with van der Waals surface area (Å²) >= 11 is 0. The van der Waals surface area contributed by atoms with E-state index < -0.39 is 15.0 Å². The molecule has 11 nitrogen and oxygen atoms in total. The fourth-order valence-corrected chi connectivity index (χ4v) is 3.71. The first-order valence-electron chi connectivity index (χ1n) is 10.1. The average molecular weight is 474 g/mol. The highest BCUT2D eigenvalue weighted by molar-refractivity contribution is 7.87. The van der Waals surface area contributed by atoms with Crippen molar-refractivity contribution in [3.8, 4) is 5.75 Å². The Morgan fingerprint density at radius 2 is 1.94 bits per heavy atom. The zero-order valence-corrected chi connectivity index (χ0v) is 18.7. The molecule has 2 aromatic carbocycles. The van der Waals surface area contributed by atoms with Gasteiger partial charge >= 0.3 is 10.1 Å². The van der Waals surface area contributed by atoms with Gasteiger partial charge in [0.05, 0.1) is 4.92 Å². The molecular formula is C21H22N4O7S. The van der Waals surface area contributed by atoms with Crippen molar-refractivity contribution in [1.82, 2.24) is 15.5 Å². The molecule has 0 unspecified atom stereocenters. The number of rotatable bonds is 10. The number of nitrogens with zero attached hydrogens (tertiary/aromatic N) is 3. The van der Waals surface area contributed by atoms with Crippen LogP contribution in [-0.4, -0.2) is 35.9 Å².